The molecule has 1 amide bonds. The Morgan fingerprint density at radius 1 is 1.03 bits per heavy atom. The molecule has 31 heavy (non-hydrogen) atoms. The van der Waals surface area contributed by atoms with Crippen LogP contribution in [0.4, 0.5) is 5.95 Å². The molecule has 0 bridgehead atoms. The molecule has 3 rings (SSSR count). The lowest BCUT2D eigenvalue weighted by molar-refractivity contribution is 0.0950. The third-order valence-corrected chi connectivity index (χ3v) is 5.23. The largest absolute Gasteiger partial charge is 0.354 e. The third-order valence-electron chi connectivity index (χ3n) is 4.98. The molecule has 0 spiro atoms. The Hall–Kier alpha value is -3.19. The second kappa shape index (κ2) is 11.3. The summed E-state index contributed by atoms with van der Waals surface area (Å²) in [4.78, 5) is 33.6. The minimum atomic E-state index is -0.349. The Morgan fingerprint density at radius 2 is 1.74 bits per heavy atom. The number of nitrogens with zero attached hydrogens (tertiary/aromatic N) is 3. The average molecular weight is 440 g/mol. The first kappa shape index (κ1) is 22.5. The van der Waals surface area contributed by atoms with E-state index >= 15 is 0 Å². The Morgan fingerprint density at radius 3 is 2.48 bits per heavy atom. The number of benzene rings is 1. The maximum atomic E-state index is 12.9. The predicted molar refractivity (Wildman–Crippen MR) is 123 cm³/mol. The zero-order chi connectivity index (χ0) is 22.1. The molecule has 0 aliphatic rings. The Bertz CT molecular complexity index is 1040. The summed E-state index contributed by atoms with van der Waals surface area (Å²) in [5, 5.41) is 6.64. The summed E-state index contributed by atoms with van der Waals surface area (Å²) in [6.45, 7) is 3.20. The van der Waals surface area contributed by atoms with Gasteiger partial charge in [-0.1, -0.05) is 23.7 Å². The second-order valence-corrected chi connectivity index (χ2v) is 7.61. The van der Waals surface area contributed by atoms with Crippen LogP contribution in [0.1, 0.15) is 48.1 Å². The number of anilines is 1. The fraction of sp³-hybridized carbons (Fsp3) is 0.304. The molecular weight excluding hydrogens is 414 g/mol. The van der Waals surface area contributed by atoms with Crippen LogP contribution >= 0.6 is 11.6 Å². The number of carbonyl (C=O) groups excluding carboxylic acids is 1. The van der Waals surface area contributed by atoms with Crippen molar-refractivity contribution in [3.63, 3.8) is 0 Å². The van der Waals surface area contributed by atoms with Gasteiger partial charge >= 0.3 is 0 Å². The monoisotopic (exact) mass is 439 g/mol. The fourth-order valence-corrected chi connectivity index (χ4v) is 3.33. The number of nitrogens with one attached hydrogen (secondary N) is 2. The van der Waals surface area contributed by atoms with Gasteiger partial charge in [-0.2, -0.15) is 0 Å². The molecule has 8 heteroatoms. The van der Waals surface area contributed by atoms with Gasteiger partial charge in [-0.15, -0.1) is 0 Å². The Kier molecular flexibility index (Phi) is 8.18. The number of carbonyl (C=O) groups is 1. The lowest BCUT2D eigenvalue weighted by Crippen LogP contribution is -2.34. The average Bonchev–Trinajstić information content (AvgIpc) is 2.79. The normalized spacial score (nSPS) is 11.7. The third kappa shape index (κ3) is 6.39. The van der Waals surface area contributed by atoms with Crippen LogP contribution in [-0.4, -0.2) is 33.5 Å². The lowest BCUT2D eigenvalue weighted by atomic mass is 10.1. The first-order valence-electron chi connectivity index (χ1n) is 10.3. The standard InChI is InChI=1S/C23H26ClN5O2/c1-17(18-8-10-19(24)11-9-18)29-16-5-7-20(22(29)31)21(30)25-12-3-2-4-13-26-23-27-14-6-15-28-23/h5-11,14-17H,2-4,12-13H2,1H3,(H,25,30)(H,26,27,28)/t17-/m0/s1. The molecule has 0 aliphatic heterocycles. The van der Waals surface area contributed by atoms with Gasteiger partial charge in [0.2, 0.25) is 5.95 Å². The first-order valence-corrected chi connectivity index (χ1v) is 10.7. The number of aromatic nitrogens is 3. The highest BCUT2D eigenvalue weighted by Gasteiger charge is 2.15. The van der Waals surface area contributed by atoms with Gasteiger partial charge in [-0.25, -0.2) is 9.97 Å². The number of pyridine rings is 1. The number of hydrogen-bond acceptors (Lipinski definition) is 5. The highest BCUT2D eigenvalue weighted by atomic mass is 35.5. The van der Waals surface area contributed by atoms with Crippen molar-refractivity contribution in [2.45, 2.75) is 32.2 Å². The van der Waals surface area contributed by atoms with Crippen LogP contribution in [0.3, 0.4) is 0 Å². The van der Waals surface area contributed by atoms with Gasteiger partial charge in [0.25, 0.3) is 11.5 Å². The van der Waals surface area contributed by atoms with Gasteiger partial charge in [0.15, 0.2) is 0 Å². The van der Waals surface area contributed by atoms with E-state index < -0.39 is 0 Å². The van der Waals surface area contributed by atoms with Gasteiger partial charge < -0.3 is 15.2 Å². The van der Waals surface area contributed by atoms with Gasteiger partial charge in [-0.05, 0) is 62.1 Å². The van der Waals surface area contributed by atoms with Gasteiger partial charge in [0.05, 0.1) is 6.04 Å². The molecule has 1 atom stereocenters. The maximum absolute atomic E-state index is 12.9. The fourth-order valence-electron chi connectivity index (χ4n) is 3.20. The smallest absolute Gasteiger partial charge is 0.263 e. The van der Waals surface area contributed by atoms with E-state index in [-0.39, 0.29) is 23.1 Å². The van der Waals surface area contributed by atoms with Gasteiger partial charge in [0.1, 0.15) is 5.56 Å². The van der Waals surface area contributed by atoms with Crippen molar-refractivity contribution in [1.82, 2.24) is 19.9 Å². The zero-order valence-corrected chi connectivity index (χ0v) is 18.2. The van der Waals surface area contributed by atoms with Crippen molar-refractivity contribution in [2.24, 2.45) is 0 Å². The molecule has 2 aromatic heterocycles. The summed E-state index contributed by atoms with van der Waals surface area (Å²) >= 11 is 5.95. The van der Waals surface area contributed by atoms with E-state index in [0.29, 0.717) is 17.5 Å². The van der Waals surface area contributed by atoms with Gasteiger partial charge in [0, 0.05) is 36.7 Å². The van der Waals surface area contributed by atoms with Crippen molar-refractivity contribution in [3.05, 3.63) is 87.6 Å². The first-order chi connectivity index (χ1) is 15.1. The van der Waals surface area contributed by atoms with E-state index in [1.807, 2.05) is 19.1 Å². The molecule has 2 N–H and O–H groups in total. The Labute approximate surface area is 186 Å². The summed E-state index contributed by atoms with van der Waals surface area (Å²) in [6.07, 6.45) is 7.78. The highest BCUT2D eigenvalue weighted by molar-refractivity contribution is 6.30. The Balaban J connectivity index is 1.47. The quantitative estimate of drug-likeness (QED) is 0.467. The summed E-state index contributed by atoms with van der Waals surface area (Å²) in [5.41, 5.74) is 0.777. The molecule has 3 aromatic rings. The number of amides is 1. The van der Waals surface area contributed by atoms with Gasteiger partial charge in [-0.3, -0.25) is 9.59 Å². The van der Waals surface area contributed by atoms with E-state index in [4.69, 9.17) is 11.6 Å². The van der Waals surface area contributed by atoms with Crippen LogP contribution in [0.25, 0.3) is 0 Å². The minimum absolute atomic E-state index is 0.145. The van der Waals surface area contributed by atoms with E-state index in [2.05, 4.69) is 20.6 Å². The molecule has 162 valence electrons. The van der Waals surface area contributed by atoms with E-state index in [1.54, 1.807) is 53.5 Å². The highest BCUT2D eigenvalue weighted by Crippen LogP contribution is 2.18. The molecule has 0 saturated heterocycles. The van der Waals surface area contributed by atoms with E-state index in [1.165, 1.54) is 0 Å². The van der Waals surface area contributed by atoms with Crippen LogP contribution in [-0.2, 0) is 0 Å². The van der Waals surface area contributed by atoms with E-state index in [9.17, 15) is 9.59 Å². The molecule has 2 heterocycles. The predicted octanol–water partition coefficient (Wildman–Crippen LogP) is 3.91. The topological polar surface area (TPSA) is 88.9 Å². The molecule has 0 radical (unpaired) electrons. The van der Waals surface area contributed by atoms with Crippen LogP contribution in [0.15, 0.2) is 65.8 Å². The summed E-state index contributed by atoms with van der Waals surface area (Å²) in [5.74, 6) is 0.266. The number of hydrogen-bond donors (Lipinski definition) is 2. The maximum Gasteiger partial charge on any atom is 0.263 e. The number of halogens is 1. The van der Waals surface area contributed by atoms with Crippen LogP contribution < -0.4 is 16.2 Å². The van der Waals surface area contributed by atoms with Crippen LogP contribution in [0.5, 0.6) is 0 Å². The van der Waals surface area contributed by atoms with Crippen LogP contribution in [0.2, 0.25) is 5.02 Å². The van der Waals surface area contributed by atoms with Crippen molar-refractivity contribution >= 4 is 23.5 Å². The molecule has 1 aromatic carbocycles. The summed E-state index contributed by atoms with van der Waals surface area (Å²) in [6, 6.07) is 12.2. The molecule has 7 nitrogen and oxygen atoms in total. The summed E-state index contributed by atoms with van der Waals surface area (Å²) in [7, 11) is 0. The van der Waals surface area contributed by atoms with Crippen molar-refractivity contribution in [3.8, 4) is 0 Å². The zero-order valence-electron chi connectivity index (χ0n) is 17.4. The van der Waals surface area contributed by atoms with Crippen molar-refractivity contribution in [2.75, 3.05) is 18.4 Å². The second-order valence-electron chi connectivity index (χ2n) is 7.18. The lowest BCUT2D eigenvalue weighted by Gasteiger charge is -2.16. The summed E-state index contributed by atoms with van der Waals surface area (Å²) < 4.78 is 1.56. The number of rotatable bonds is 10. The molecule has 0 fully saturated rings. The number of unbranched alkanes of at least 4 members (excludes halogenated alkanes) is 2. The van der Waals surface area contributed by atoms with Crippen LogP contribution in [0, 0.1) is 0 Å². The molecular formula is C23H26ClN5O2. The van der Waals surface area contributed by atoms with Crippen molar-refractivity contribution < 1.29 is 4.79 Å². The SMILES string of the molecule is C[C@@H](c1ccc(Cl)cc1)n1cccc(C(=O)NCCCCCNc2ncccn2)c1=O. The minimum Gasteiger partial charge on any atom is -0.354 e. The van der Waals surface area contributed by atoms with Crippen molar-refractivity contribution in [1.29, 1.82) is 0 Å². The van der Waals surface area contributed by atoms with E-state index in [0.717, 1.165) is 31.4 Å². The molecule has 0 saturated carbocycles. The molecule has 0 unspecified atom stereocenters. The molecule has 0 aliphatic carbocycles.